The van der Waals surface area contributed by atoms with Crippen LogP contribution in [0.25, 0.3) is 0 Å². The van der Waals surface area contributed by atoms with Gasteiger partial charge in [0.1, 0.15) is 0 Å². The van der Waals surface area contributed by atoms with E-state index >= 15 is 0 Å². The highest BCUT2D eigenvalue weighted by Crippen LogP contribution is 2.61. The number of nitrogens with one attached hydrogen (secondary N) is 1. The van der Waals surface area contributed by atoms with Crippen LogP contribution in [0, 0.1) is 23.2 Å². The molecule has 0 aliphatic heterocycles. The van der Waals surface area contributed by atoms with Gasteiger partial charge in [0.25, 0.3) is 0 Å². The summed E-state index contributed by atoms with van der Waals surface area (Å²) < 4.78 is 0. The summed E-state index contributed by atoms with van der Waals surface area (Å²) in [6.45, 7) is 5.83. The van der Waals surface area contributed by atoms with E-state index in [-0.39, 0.29) is 0 Å². The van der Waals surface area contributed by atoms with Gasteiger partial charge in [0.15, 0.2) is 0 Å². The van der Waals surface area contributed by atoms with E-state index < -0.39 is 0 Å². The fraction of sp³-hybridized carbons (Fsp3) is 1.00. The second kappa shape index (κ2) is 3.48. The average molecular weight is 207 g/mol. The van der Waals surface area contributed by atoms with Crippen molar-refractivity contribution in [2.45, 2.75) is 58.4 Å². The normalized spacial score (nSPS) is 49.6. The van der Waals surface area contributed by atoms with Crippen molar-refractivity contribution >= 4 is 0 Å². The van der Waals surface area contributed by atoms with Crippen LogP contribution in [0.1, 0.15) is 52.4 Å². The summed E-state index contributed by atoms with van der Waals surface area (Å²) in [6, 6.07) is 0.760. The predicted molar refractivity (Wildman–Crippen MR) is 63.7 cm³/mol. The van der Waals surface area contributed by atoms with E-state index in [2.05, 4.69) is 19.2 Å². The van der Waals surface area contributed by atoms with Gasteiger partial charge in [0.05, 0.1) is 0 Å². The van der Waals surface area contributed by atoms with Gasteiger partial charge in [-0.05, 0) is 75.2 Å². The van der Waals surface area contributed by atoms with Crippen molar-refractivity contribution in [3.63, 3.8) is 0 Å². The van der Waals surface area contributed by atoms with Crippen molar-refractivity contribution in [1.29, 1.82) is 0 Å². The molecule has 0 heterocycles. The number of hydrogen-bond donors (Lipinski definition) is 1. The van der Waals surface area contributed by atoms with Crippen molar-refractivity contribution in [2.24, 2.45) is 23.2 Å². The summed E-state index contributed by atoms with van der Waals surface area (Å²) in [7, 11) is 0. The van der Waals surface area contributed by atoms with Gasteiger partial charge in [0.2, 0.25) is 0 Å². The Morgan fingerprint density at radius 1 is 1.07 bits per heavy atom. The zero-order valence-corrected chi connectivity index (χ0v) is 10.3. The molecule has 0 amide bonds. The van der Waals surface area contributed by atoms with Crippen LogP contribution in [0.15, 0.2) is 0 Å². The third-order valence-electron chi connectivity index (χ3n) is 5.51. The molecule has 4 rings (SSSR count). The fourth-order valence-electron chi connectivity index (χ4n) is 5.23. The van der Waals surface area contributed by atoms with Crippen LogP contribution >= 0.6 is 0 Å². The van der Waals surface area contributed by atoms with E-state index in [9.17, 15) is 0 Å². The molecule has 0 spiro atoms. The SMILES string of the molecule is CCNC(C)C12CC3CC(CC(C3)C1)C2. The van der Waals surface area contributed by atoms with Crippen molar-refractivity contribution in [3.8, 4) is 0 Å². The van der Waals surface area contributed by atoms with Gasteiger partial charge >= 0.3 is 0 Å². The molecular formula is C14H25N. The maximum absolute atomic E-state index is 3.70. The minimum atomic E-state index is 0.699. The Morgan fingerprint density at radius 3 is 1.93 bits per heavy atom. The van der Waals surface area contributed by atoms with Gasteiger partial charge in [-0.1, -0.05) is 6.92 Å². The average Bonchev–Trinajstić information content (AvgIpc) is 2.15. The molecule has 0 radical (unpaired) electrons. The molecule has 0 aromatic heterocycles. The standard InChI is InChI=1S/C14H25N/c1-3-15-10(2)14-7-11-4-12(8-14)6-13(5-11)9-14/h10-13,15H,3-9H2,1-2H3. The fourth-order valence-corrected chi connectivity index (χ4v) is 5.23. The molecule has 4 aliphatic carbocycles. The topological polar surface area (TPSA) is 12.0 Å². The third kappa shape index (κ3) is 1.54. The zero-order chi connectivity index (χ0) is 10.5. The molecule has 15 heavy (non-hydrogen) atoms. The van der Waals surface area contributed by atoms with Crippen molar-refractivity contribution < 1.29 is 0 Å². The highest BCUT2D eigenvalue weighted by Gasteiger charge is 2.52. The Labute approximate surface area is 94.0 Å². The Bertz CT molecular complexity index is 210. The van der Waals surface area contributed by atoms with E-state index in [1.54, 1.807) is 19.3 Å². The summed E-state index contributed by atoms with van der Waals surface area (Å²) in [5, 5.41) is 3.70. The second-order valence-corrected chi connectivity index (χ2v) is 6.56. The molecule has 0 aromatic rings. The van der Waals surface area contributed by atoms with E-state index in [0.717, 1.165) is 30.3 Å². The van der Waals surface area contributed by atoms with Crippen LogP contribution in [0.3, 0.4) is 0 Å². The summed E-state index contributed by atoms with van der Waals surface area (Å²) >= 11 is 0. The van der Waals surface area contributed by atoms with Crippen molar-refractivity contribution in [3.05, 3.63) is 0 Å². The minimum absolute atomic E-state index is 0.699. The highest BCUT2D eigenvalue weighted by molar-refractivity contribution is 5.04. The summed E-state index contributed by atoms with van der Waals surface area (Å²) in [5.74, 6) is 3.28. The molecule has 1 heteroatoms. The van der Waals surface area contributed by atoms with E-state index in [1.165, 1.54) is 19.3 Å². The highest BCUT2D eigenvalue weighted by atomic mass is 14.9. The molecule has 1 unspecified atom stereocenters. The molecule has 86 valence electrons. The summed E-state index contributed by atoms with van der Waals surface area (Å²) in [5.41, 5.74) is 0.699. The first kappa shape index (κ1) is 10.1. The molecule has 1 atom stereocenters. The second-order valence-electron chi connectivity index (χ2n) is 6.56. The monoisotopic (exact) mass is 207 g/mol. The van der Waals surface area contributed by atoms with Crippen molar-refractivity contribution in [2.75, 3.05) is 6.54 Å². The molecule has 4 fully saturated rings. The molecular weight excluding hydrogens is 182 g/mol. The minimum Gasteiger partial charge on any atom is -0.314 e. The molecule has 1 N–H and O–H groups in total. The van der Waals surface area contributed by atoms with Gasteiger partial charge in [-0.25, -0.2) is 0 Å². The van der Waals surface area contributed by atoms with Crippen LogP contribution in [-0.2, 0) is 0 Å². The first-order valence-electron chi connectivity index (χ1n) is 6.95. The van der Waals surface area contributed by atoms with Crippen LogP contribution in [0.4, 0.5) is 0 Å². The summed E-state index contributed by atoms with van der Waals surface area (Å²) in [6.07, 6.45) is 9.31. The summed E-state index contributed by atoms with van der Waals surface area (Å²) in [4.78, 5) is 0. The quantitative estimate of drug-likeness (QED) is 0.749. The smallest absolute Gasteiger partial charge is 0.00953 e. The lowest BCUT2D eigenvalue weighted by Gasteiger charge is -2.59. The van der Waals surface area contributed by atoms with Crippen molar-refractivity contribution in [1.82, 2.24) is 5.32 Å². The van der Waals surface area contributed by atoms with Gasteiger partial charge in [0, 0.05) is 6.04 Å². The Balaban J connectivity index is 1.80. The first-order chi connectivity index (χ1) is 7.22. The predicted octanol–water partition coefficient (Wildman–Crippen LogP) is 3.20. The van der Waals surface area contributed by atoms with Gasteiger partial charge in [-0.15, -0.1) is 0 Å². The Hall–Kier alpha value is -0.0400. The van der Waals surface area contributed by atoms with Crippen LogP contribution < -0.4 is 5.32 Å². The lowest BCUT2D eigenvalue weighted by Crippen LogP contribution is -2.54. The lowest BCUT2D eigenvalue weighted by molar-refractivity contribution is -0.0700. The number of hydrogen-bond acceptors (Lipinski definition) is 1. The molecule has 0 saturated heterocycles. The van der Waals surface area contributed by atoms with Gasteiger partial charge < -0.3 is 5.32 Å². The van der Waals surface area contributed by atoms with E-state index in [1.807, 2.05) is 0 Å². The van der Waals surface area contributed by atoms with Gasteiger partial charge in [-0.3, -0.25) is 0 Å². The zero-order valence-electron chi connectivity index (χ0n) is 10.3. The van der Waals surface area contributed by atoms with Crippen LogP contribution in [0.2, 0.25) is 0 Å². The van der Waals surface area contributed by atoms with Crippen LogP contribution in [-0.4, -0.2) is 12.6 Å². The molecule has 4 bridgehead atoms. The van der Waals surface area contributed by atoms with E-state index in [4.69, 9.17) is 0 Å². The first-order valence-corrected chi connectivity index (χ1v) is 6.95. The lowest BCUT2D eigenvalue weighted by atomic mass is 9.48. The Morgan fingerprint density at radius 2 is 1.53 bits per heavy atom. The molecule has 1 nitrogen and oxygen atoms in total. The molecule has 4 aliphatic rings. The van der Waals surface area contributed by atoms with Gasteiger partial charge in [-0.2, -0.15) is 0 Å². The maximum atomic E-state index is 3.70. The Kier molecular flexibility index (Phi) is 2.35. The maximum Gasteiger partial charge on any atom is 0.00953 e. The van der Waals surface area contributed by atoms with E-state index in [0.29, 0.717) is 5.41 Å². The third-order valence-corrected chi connectivity index (χ3v) is 5.51. The van der Waals surface area contributed by atoms with Crippen LogP contribution in [0.5, 0.6) is 0 Å². The number of rotatable bonds is 3. The molecule has 0 aromatic carbocycles. The molecule has 4 saturated carbocycles. The largest absolute Gasteiger partial charge is 0.314 e.